The number of rotatable bonds is 2. The zero-order chi connectivity index (χ0) is 11.0. The van der Waals surface area contributed by atoms with Gasteiger partial charge >= 0.3 is 7.12 Å². The van der Waals surface area contributed by atoms with Crippen molar-refractivity contribution in [2.24, 2.45) is 0 Å². The third kappa shape index (κ3) is 1.90. The van der Waals surface area contributed by atoms with Crippen molar-refractivity contribution in [3.8, 4) is 0 Å². The molecule has 0 fully saturated rings. The quantitative estimate of drug-likeness (QED) is 0.746. The van der Waals surface area contributed by atoms with Crippen LogP contribution in [0.4, 0.5) is 0 Å². The number of hydrogen-bond donors (Lipinski definition) is 2. The summed E-state index contributed by atoms with van der Waals surface area (Å²) in [7, 11) is -1.40. The van der Waals surface area contributed by atoms with E-state index in [9.17, 15) is 0 Å². The first-order valence-corrected chi connectivity index (χ1v) is 5.65. The van der Waals surface area contributed by atoms with E-state index >= 15 is 0 Å². The van der Waals surface area contributed by atoms with Crippen molar-refractivity contribution in [2.45, 2.75) is 19.8 Å². The molecule has 2 N–H and O–H groups in total. The fourth-order valence-electron chi connectivity index (χ4n) is 1.56. The second-order valence-corrected chi connectivity index (χ2v) is 4.88. The van der Waals surface area contributed by atoms with E-state index in [4.69, 9.17) is 10.0 Å². The number of aromatic nitrogens is 1. The van der Waals surface area contributed by atoms with E-state index in [1.54, 1.807) is 12.3 Å². The van der Waals surface area contributed by atoms with Crippen LogP contribution in [0.15, 0.2) is 18.3 Å². The van der Waals surface area contributed by atoms with Gasteiger partial charge in [0.25, 0.3) is 0 Å². The lowest BCUT2D eigenvalue weighted by atomic mass is 9.89. The highest BCUT2D eigenvalue weighted by atomic mass is 32.1. The van der Waals surface area contributed by atoms with Crippen LogP contribution in [0.25, 0.3) is 10.2 Å². The van der Waals surface area contributed by atoms with E-state index in [0.29, 0.717) is 10.7 Å². The highest BCUT2D eigenvalue weighted by Gasteiger charge is 2.17. The molecule has 0 atom stereocenters. The van der Waals surface area contributed by atoms with Gasteiger partial charge < -0.3 is 10.0 Å². The summed E-state index contributed by atoms with van der Waals surface area (Å²) in [5, 5.41) is 18.2. The van der Waals surface area contributed by atoms with E-state index < -0.39 is 7.12 Å². The van der Waals surface area contributed by atoms with Gasteiger partial charge in [-0.25, -0.2) is 0 Å². The Hall–Kier alpha value is -0.905. The maximum atomic E-state index is 9.09. The zero-order valence-electron chi connectivity index (χ0n) is 8.64. The van der Waals surface area contributed by atoms with Gasteiger partial charge in [-0.3, -0.25) is 4.98 Å². The Balaban J connectivity index is 2.64. The van der Waals surface area contributed by atoms with Crippen LogP contribution in [-0.2, 0) is 0 Å². The molecule has 2 heterocycles. The Labute approximate surface area is 92.5 Å². The van der Waals surface area contributed by atoms with Gasteiger partial charge in [0.15, 0.2) is 0 Å². The van der Waals surface area contributed by atoms with E-state index in [2.05, 4.69) is 18.8 Å². The van der Waals surface area contributed by atoms with Gasteiger partial charge in [0.1, 0.15) is 0 Å². The van der Waals surface area contributed by atoms with E-state index in [0.717, 1.165) is 10.2 Å². The molecular formula is C10H12BNO2S. The van der Waals surface area contributed by atoms with Crippen molar-refractivity contribution >= 4 is 33.4 Å². The van der Waals surface area contributed by atoms with Gasteiger partial charge in [-0.1, -0.05) is 13.8 Å². The first kappa shape index (κ1) is 10.6. The highest BCUT2D eigenvalue weighted by molar-refractivity contribution is 7.28. The molecule has 0 saturated carbocycles. The fraction of sp³-hybridized carbons (Fsp3) is 0.300. The molecule has 0 spiro atoms. The standard InChI is InChI=1S/C10H12BNO2S/c1-6(2)7-3-4-12-8-5-9(11(13)14)15-10(7)8/h3-6,13-14H,1-2H3. The topological polar surface area (TPSA) is 53.4 Å². The lowest BCUT2D eigenvalue weighted by Gasteiger charge is -2.04. The molecule has 0 bridgehead atoms. The maximum absolute atomic E-state index is 9.09. The van der Waals surface area contributed by atoms with Crippen LogP contribution in [0.1, 0.15) is 25.3 Å². The van der Waals surface area contributed by atoms with Gasteiger partial charge in [-0.15, -0.1) is 11.3 Å². The van der Waals surface area contributed by atoms with Crippen molar-refractivity contribution in [3.05, 3.63) is 23.9 Å². The monoisotopic (exact) mass is 221 g/mol. The molecule has 0 aliphatic heterocycles. The molecule has 0 aliphatic rings. The molecule has 0 aliphatic carbocycles. The van der Waals surface area contributed by atoms with Crippen molar-refractivity contribution in [3.63, 3.8) is 0 Å². The molecule has 2 aromatic heterocycles. The third-order valence-corrected chi connectivity index (χ3v) is 3.55. The molecular weight excluding hydrogens is 209 g/mol. The third-order valence-electron chi connectivity index (χ3n) is 2.34. The normalized spacial score (nSPS) is 11.3. The first-order chi connectivity index (χ1) is 7.09. The Kier molecular flexibility index (Phi) is 2.77. The van der Waals surface area contributed by atoms with Crippen LogP contribution in [0.3, 0.4) is 0 Å². The Morgan fingerprint density at radius 1 is 1.40 bits per heavy atom. The average Bonchev–Trinajstić information content (AvgIpc) is 2.60. The Bertz CT molecular complexity index is 481. The summed E-state index contributed by atoms with van der Waals surface area (Å²) in [5.41, 5.74) is 2.05. The number of nitrogens with zero attached hydrogens (tertiary/aromatic N) is 1. The largest absolute Gasteiger partial charge is 0.499 e. The summed E-state index contributed by atoms with van der Waals surface area (Å²) >= 11 is 1.40. The summed E-state index contributed by atoms with van der Waals surface area (Å²) in [5.74, 6) is 0.415. The smallest absolute Gasteiger partial charge is 0.423 e. The summed E-state index contributed by atoms with van der Waals surface area (Å²) in [4.78, 5) is 4.22. The van der Waals surface area contributed by atoms with Crippen molar-refractivity contribution < 1.29 is 10.0 Å². The second kappa shape index (κ2) is 3.92. The van der Waals surface area contributed by atoms with Crippen LogP contribution in [0.2, 0.25) is 0 Å². The van der Waals surface area contributed by atoms with Crippen molar-refractivity contribution in [1.82, 2.24) is 4.98 Å². The highest BCUT2D eigenvalue weighted by Crippen LogP contribution is 2.27. The molecule has 2 rings (SSSR count). The molecule has 0 unspecified atom stereocenters. The minimum atomic E-state index is -1.40. The minimum Gasteiger partial charge on any atom is -0.423 e. The molecule has 0 saturated heterocycles. The summed E-state index contributed by atoms with van der Waals surface area (Å²) in [6.45, 7) is 4.23. The van der Waals surface area contributed by atoms with Crippen LogP contribution >= 0.6 is 11.3 Å². The molecule has 0 aromatic carbocycles. The number of thiophene rings is 1. The number of pyridine rings is 1. The summed E-state index contributed by atoms with van der Waals surface area (Å²) in [6.07, 6.45) is 1.76. The van der Waals surface area contributed by atoms with Crippen molar-refractivity contribution in [2.75, 3.05) is 0 Å². The number of fused-ring (bicyclic) bond motifs is 1. The first-order valence-electron chi connectivity index (χ1n) is 4.84. The molecule has 0 amide bonds. The second-order valence-electron chi connectivity index (χ2n) is 3.79. The lowest BCUT2D eigenvalue weighted by Crippen LogP contribution is -2.26. The fourth-order valence-corrected chi connectivity index (χ4v) is 2.71. The van der Waals surface area contributed by atoms with E-state index in [1.807, 2.05) is 6.07 Å². The summed E-state index contributed by atoms with van der Waals surface area (Å²) in [6, 6.07) is 3.72. The van der Waals surface area contributed by atoms with Crippen LogP contribution in [0.5, 0.6) is 0 Å². The molecule has 2 aromatic rings. The molecule has 5 heteroatoms. The predicted molar refractivity (Wildman–Crippen MR) is 63.5 cm³/mol. The van der Waals surface area contributed by atoms with Gasteiger partial charge in [-0.2, -0.15) is 0 Å². The van der Waals surface area contributed by atoms with Gasteiger partial charge in [0.05, 0.1) is 10.2 Å². The van der Waals surface area contributed by atoms with Gasteiger partial charge in [-0.05, 0) is 23.6 Å². The Morgan fingerprint density at radius 2 is 2.13 bits per heavy atom. The predicted octanol–water partition coefficient (Wildman–Crippen LogP) is 1.10. The zero-order valence-corrected chi connectivity index (χ0v) is 9.45. The molecule has 15 heavy (non-hydrogen) atoms. The van der Waals surface area contributed by atoms with Gasteiger partial charge in [0.2, 0.25) is 0 Å². The molecule has 0 radical (unpaired) electrons. The van der Waals surface area contributed by atoms with Crippen LogP contribution in [0, 0.1) is 0 Å². The Morgan fingerprint density at radius 3 is 2.73 bits per heavy atom. The average molecular weight is 221 g/mol. The number of hydrogen-bond acceptors (Lipinski definition) is 4. The van der Waals surface area contributed by atoms with Crippen molar-refractivity contribution in [1.29, 1.82) is 0 Å². The molecule has 78 valence electrons. The summed E-state index contributed by atoms with van der Waals surface area (Å²) < 4.78 is 1.60. The van der Waals surface area contributed by atoms with Crippen LogP contribution < -0.4 is 4.78 Å². The van der Waals surface area contributed by atoms with Crippen LogP contribution in [-0.4, -0.2) is 22.2 Å². The lowest BCUT2D eigenvalue weighted by molar-refractivity contribution is 0.427. The van der Waals surface area contributed by atoms with E-state index in [1.165, 1.54) is 16.9 Å². The minimum absolute atomic E-state index is 0.415. The van der Waals surface area contributed by atoms with E-state index in [-0.39, 0.29) is 0 Å². The molecule has 3 nitrogen and oxygen atoms in total. The SMILES string of the molecule is CC(C)c1ccnc2cc(B(O)O)sc12. The van der Waals surface area contributed by atoms with Gasteiger partial charge in [0, 0.05) is 11.0 Å². The maximum Gasteiger partial charge on any atom is 0.499 e.